The Morgan fingerprint density at radius 3 is 2.15 bits per heavy atom. The largest absolute Gasteiger partial charge is 0.465 e. The SMILES string of the molecule is COC(=O)c1ccc(C(=C\C2N(C)c3ccccc3C2(C)C)/C=C2\N(CCCCCC(=O)ON3C(=O)C=CC3=O)c3ccc(S(=O)(=O)O)cc3C2(C)C)cc1. The van der Waals surface area contributed by atoms with E-state index in [1.54, 1.807) is 18.2 Å². The van der Waals surface area contributed by atoms with Crippen molar-refractivity contribution < 1.29 is 41.7 Å². The van der Waals surface area contributed by atoms with E-state index in [9.17, 15) is 32.1 Å². The van der Waals surface area contributed by atoms with E-state index in [2.05, 4.69) is 55.0 Å². The number of carbonyl (C=O) groups excluding carboxylic acids is 4. The number of amides is 2. The average Bonchev–Trinajstić information content (AvgIpc) is 3.65. The first kappa shape index (κ1) is 39.2. The van der Waals surface area contributed by atoms with E-state index in [1.807, 2.05) is 38.1 Å². The molecule has 0 saturated carbocycles. The summed E-state index contributed by atoms with van der Waals surface area (Å²) in [6.45, 7) is 8.96. The Bertz CT molecular complexity index is 2240. The maximum atomic E-state index is 12.4. The molecule has 0 fully saturated rings. The maximum absolute atomic E-state index is 12.4. The molecule has 3 aromatic carbocycles. The van der Waals surface area contributed by atoms with Gasteiger partial charge in [0.1, 0.15) is 0 Å². The standard InChI is InChI=1S/C42H45N3O9S/c1-41(2)31-12-9-10-13-33(31)43(5)35(41)24-29(27-15-17-28(18-16-27)40(49)53-6)25-36-42(3,4)32-26-30(55(50,51)52)19-20-34(32)44(36)23-11-7-8-14-39(48)54-45-37(46)21-22-38(45)47/h9-10,12-13,15-22,24-26,35H,7-8,11,14,23H2,1-6H3,(H,50,51,52)/b29-24-,36-25-. The van der Waals surface area contributed by atoms with E-state index < -0.39 is 39.3 Å². The molecule has 288 valence electrons. The molecule has 0 radical (unpaired) electrons. The van der Waals surface area contributed by atoms with Crippen molar-refractivity contribution in [2.45, 2.75) is 75.1 Å². The lowest BCUT2D eigenvalue weighted by Gasteiger charge is -2.31. The lowest BCUT2D eigenvalue weighted by molar-refractivity contribution is -0.196. The molecule has 0 aliphatic carbocycles. The third kappa shape index (κ3) is 7.59. The molecule has 0 aromatic heterocycles. The summed E-state index contributed by atoms with van der Waals surface area (Å²) in [7, 11) is -1.07. The van der Waals surface area contributed by atoms with Crippen molar-refractivity contribution in [1.82, 2.24) is 5.06 Å². The first-order chi connectivity index (χ1) is 25.9. The molecule has 55 heavy (non-hydrogen) atoms. The normalized spacial score (nSPS) is 19.3. The number of fused-ring (bicyclic) bond motifs is 2. The van der Waals surface area contributed by atoms with Crippen LogP contribution in [0, 0.1) is 0 Å². The number of anilines is 2. The number of likely N-dealkylation sites (N-methyl/N-ethyl adjacent to an activating group) is 1. The molecule has 1 unspecified atom stereocenters. The highest BCUT2D eigenvalue weighted by atomic mass is 32.2. The van der Waals surface area contributed by atoms with E-state index >= 15 is 0 Å². The van der Waals surface area contributed by atoms with Crippen LogP contribution in [0.15, 0.2) is 102 Å². The quantitative estimate of drug-likeness (QED) is 0.0928. The predicted molar refractivity (Wildman–Crippen MR) is 208 cm³/mol. The summed E-state index contributed by atoms with van der Waals surface area (Å²) in [6, 6.07) is 20.1. The molecular weight excluding hydrogens is 723 g/mol. The smallest absolute Gasteiger partial charge is 0.337 e. The van der Waals surface area contributed by atoms with E-state index in [0.717, 1.165) is 45.9 Å². The Labute approximate surface area is 321 Å². The van der Waals surface area contributed by atoms with Crippen molar-refractivity contribution in [2.75, 3.05) is 30.5 Å². The number of unbranched alkanes of at least 4 members (excludes halogenated alkanes) is 2. The van der Waals surface area contributed by atoms with Gasteiger partial charge in [0.15, 0.2) is 0 Å². The lowest BCUT2D eigenvalue weighted by atomic mass is 9.78. The minimum absolute atomic E-state index is 0.00108. The molecule has 0 saturated heterocycles. The number of benzene rings is 3. The van der Waals surface area contributed by atoms with Crippen LogP contribution in [0.4, 0.5) is 11.4 Å². The number of carbonyl (C=O) groups is 4. The fourth-order valence-electron chi connectivity index (χ4n) is 7.76. The van der Waals surface area contributed by atoms with Crippen molar-refractivity contribution in [3.05, 3.63) is 119 Å². The molecule has 0 spiro atoms. The minimum Gasteiger partial charge on any atom is -0.465 e. The first-order valence-electron chi connectivity index (χ1n) is 18.1. The maximum Gasteiger partial charge on any atom is 0.337 e. The molecule has 13 heteroatoms. The number of rotatable bonds is 12. The number of ether oxygens (including phenoxy) is 1. The summed E-state index contributed by atoms with van der Waals surface area (Å²) in [6.07, 6.45) is 8.10. The molecule has 3 aromatic rings. The first-order valence-corrected chi connectivity index (χ1v) is 19.5. The Morgan fingerprint density at radius 1 is 0.855 bits per heavy atom. The average molecular weight is 768 g/mol. The number of methoxy groups -OCH3 is 1. The summed E-state index contributed by atoms with van der Waals surface area (Å²) in [5.41, 5.74) is 5.89. The van der Waals surface area contributed by atoms with Crippen molar-refractivity contribution in [3.63, 3.8) is 0 Å². The van der Waals surface area contributed by atoms with Gasteiger partial charge in [-0.25, -0.2) is 9.59 Å². The van der Waals surface area contributed by atoms with Crippen molar-refractivity contribution in [1.29, 1.82) is 0 Å². The summed E-state index contributed by atoms with van der Waals surface area (Å²) in [5.74, 6) is -2.54. The van der Waals surface area contributed by atoms with Gasteiger partial charge in [0, 0.05) is 60.1 Å². The molecule has 3 aliphatic rings. The minimum atomic E-state index is -4.48. The van der Waals surface area contributed by atoms with Crippen LogP contribution in [0.3, 0.4) is 0 Å². The molecule has 6 rings (SSSR count). The molecule has 1 atom stereocenters. The molecular formula is C42H45N3O9S. The number of allylic oxidation sites excluding steroid dienone is 3. The van der Waals surface area contributed by atoms with Gasteiger partial charge in [0.25, 0.3) is 21.9 Å². The molecule has 0 bridgehead atoms. The van der Waals surface area contributed by atoms with Crippen LogP contribution in [-0.2, 0) is 44.9 Å². The Hall–Kier alpha value is -5.53. The van der Waals surface area contributed by atoms with Crippen LogP contribution >= 0.6 is 0 Å². The second-order valence-corrected chi connectivity index (χ2v) is 16.4. The van der Waals surface area contributed by atoms with Crippen LogP contribution < -0.4 is 9.80 Å². The fourth-order valence-corrected chi connectivity index (χ4v) is 8.26. The van der Waals surface area contributed by atoms with Gasteiger partial charge in [0.05, 0.1) is 23.6 Å². The Balaban J connectivity index is 1.36. The zero-order chi connectivity index (χ0) is 39.9. The highest BCUT2D eigenvalue weighted by molar-refractivity contribution is 7.85. The third-order valence-corrected chi connectivity index (χ3v) is 11.6. The zero-order valence-corrected chi connectivity index (χ0v) is 32.6. The molecule has 3 heterocycles. The molecule has 3 aliphatic heterocycles. The number of hydrogen-bond donors (Lipinski definition) is 1. The van der Waals surface area contributed by atoms with Gasteiger partial charge in [-0.2, -0.15) is 8.42 Å². The molecule has 12 nitrogen and oxygen atoms in total. The summed E-state index contributed by atoms with van der Waals surface area (Å²) < 4.78 is 39.5. The monoisotopic (exact) mass is 767 g/mol. The zero-order valence-electron chi connectivity index (χ0n) is 31.7. The van der Waals surface area contributed by atoms with Crippen LogP contribution in [0.25, 0.3) is 5.57 Å². The number of esters is 1. The number of para-hydroxylation sites is 1. The van der Waals surface area contributed by atoms with Crippen LogP contribution in [0.5, 0.6) is 0 Å². The highest BCUT2D eigenvalue weighted by Crippen LogP contribution is 2.50. The number of hydrogen-bond acceptors (Lipinski definition) is 10. The lowest BCUT2D eigenvalue weighted by Crippen LogP contribution is -2.37. The van der Waals surface area contributed by atoms with Crippen LogP contribution in [0.2, 0.25) is 0 Å². The van der Waals surface area contributed by atoms with Gasteiger partial charge in [-0.1, -0.05) is 75.6 Å². The topological polar surface area (TPSA) is 151 Å². The van der Waals surface area contributed by atoms with E-state index in [-0.39, 0.29) is 22.8 Å². The summed E-state index contributed by atoms with van der Waals surface area (Å²) in [4.78, 5) is 57.5. The van der Waals surface area contributed by atoms with E-state index in [0.29, 0.717) is 36.4 Å². The second kappa shape index (κ2) is 15.0. The van der Waals surface area contributed by atoms with Gasteiger partial charge in [-0.15, -0.1) is 0 Å². The van der Waals surface area contributed by atoms with Crippen molar-refractivity contribution in [2.24, 2.45) is 0 Å². The summed E-state index contributed by atoms with van der Waals surface area (Å²) in [5, 5.41) is 0.445. The fraction of sp³-hybridized carbons (Fsp3) is 0.333. The Morgan fingerprint density at radius 2 is 1.51 bits per heavy atom. The molecule has 1 N–H and O–H groups in total. The van der Waals surface area contributed by atoms with Gasteiger partial charge in [-0.05, 0) is 77.6 Å². The second-order valence-electron chi connectivity index (χ2n) is 15.0. The van der Waals surface area contributed by atoms with E-state index in [4.69, 9.17) is 9.57 Å². The number of nitrogens with zero attached hydrogens (tertiary/aromatic N) is 3. The van der Waals surface area contributed by atoms with Gasteiger partial charge in [0.2, 0.25) is 0 Å². The number of imide groups is 1. The predicted octanol–water partition coefficient (Wildman–Crippen LogP) is 6.52. The van der Waals surface area contributed by atoms with Crippen molar-refractivity contribution in [3.8, 4) is 0 Å². The third-order valence-electron chi connectivity index (χ3n) is 10.8. The van der Waals surface area contributed by atoms with Crippen molar-refractivity contribution >= 4 is 50.8 Å². The Kier molecular flexibility index (Phi) is 10.6. The van der Waals surface area contributed by atoms with Gasteiger partial charge in [-0.3, -0.25) is 14.1 Å². The highest BCUT2D eigenvalue weighted by Gasteiger charge is 2.43. The van der Waals surface area contributed by atoms with Gasteiger partial charge < -0.3 is 19.4 Å². The molecule has 2 amide bonds. The van der Waals surface area contributed by atoms with Crippen LogP contribution in [0.1, 0.15) is 80.4 Å². The summed E-state index contributed by atoms with van der Waals surface area (Å²) >= 11 is 0. The van der Waals surface area contributed by atoms with Gasteiger partial charge >= 0.3 is 11.9 Å². The van der Waals surface area contributed by atoms with Crippen LogP contribution in [-0.4, -0.2) is 68.5 Å². The van der Waals surface area contributed by atoms with E-state index in [1.165, 1.54) is 24.8 Å². The number of hydroxylamine groups is 2.